The van der Waals surface area contributed by atoms with Crippen molar-refractivity contribution < 1.29 is 14.3 Å². The lowest BCUT2D eigenvalue weighted by Gasteiger charge is -2.04. The summed E-state index contributed by atoms with van der Waals surface area (Å²) in [6, 6.07) is -0.141. The third-order valence-corrected chi connectivity index (χ3v) is 4.00. The summed E-state index contributed by atoms with van der Waals surface area (Å²) in [7, 11) is 0. The van der Waals surface area contributed by atoms with Gasteiger partial charge in [-0.05, 0) is 6.42 Å². The minimum atomic E-state index is -0.662. The Morgan fingerprint density at radius 2 is 1.09 bits per heavy atom. The van der Waals surface area contributed by atoms with Crippen molar-refractivity contribution in [2.75, 3.05) is 12.7 Å². The molecule has 0 saturated carbocycles. The van der Waals surface area contributed by atoms with Crippen LogP contribution in [0.5, 0.6) is 0 Å². The van der Waals surface area contributed by atoms with Crippen LogP contribution in [0.15, 0.2) is 0 Å². The molecule has 0 amide bonds. The van der Waals surface area contributed by atoms with Crippen molar-refractivity contribution in [1.82, 2.24) is 0 Å². The van der Waals surface area contributed by atoms with Crippen molar-refractivity contribution in [3.63, 3.8) is 0 Å². The first-order chi connectivity index (χ1) is 10.8. The Kier molecular flexibility index (Phi) is 18.2. The van der Waals surface area contributed by atoms with E-state index in [-0.39, 0.29) is 6.07 Å². The Balaban J connectivity index is 3.01. The summed E-state index contributed by atoms with van der Waals surface area (Å²) in [5.74, 6) is 0. The highest BCUT2D eigenvalue weighted by atomic mass is 35.5. The van der Waals surface area contributed by atoms with Gasteiger partial charge in [-0.25, -0.2) is 4.79 Å². The topological polar surface area (TPSA) is 35.5 Å². The Morgan fingerprint density at radius 1 is 0.682 bits per heavy atom. The highest BCUT2D eigenvalue weighted by Gasteiger charge is 2.01. The third-order valence-electron chi connectivity index (χ3n) is 3.89. The second kappa shape index (κ2) is 18.6. The molecule has 0 rings (SSSR count). The average molecular weight is 335 g/mol. The maximum Gasteiger partial charge on any atom is 0.509 e. The number of hydrogen-bond donors (Lipinski definition) is 0. The van der Waals surface area contributed by atoms with Crippen LogP contribution in [0.3, 0.4) is 0 Å². The second-order valence-corrected chi connectivity index (χ2v) is 6.17. The van der Waals surface area contributed by atoms with Crippen molar-refractivity contribution in [1.29, 1.82) is 0 Å². The number of carbonyl (C=O) groups is 1. The van der Waals surface area contributed by atoms with Gasteiger partial charge >= 0.3 is 6.16 Å². The molecule has 132 valence electrons. The number of rotatable bonds is 16. The van der Waals surface area contributed by atoms with Crippen LogP contribution >= 0.6 is 11.6 Å². The van der Waals surface area contributed by atoms with E-state index in [0.717, 1.165) is 12.8 Å². The maximum atomic E-state index is 10.8. The summed E-state index contributed by atoms with van der Waals surface area (Å²) in [6.45, 7) is 2.70. The number of carbonyl (C=O) groups excluding carboxylic acids is 1. The molecule has 0 N–H and O–H groups in total. The quantitative estimate of drug-likeness (QED) is 0.176. The molecular weight excluding hydrogens is 300 g/mol. The van der Waals surface area contributed by atoms with Crippen LogP contribution in [0.1, 0.15) is 96.8 Å². The van der Waals surface area contributed by atoms with Crippen molar-refractivity contribution >= 4 is 17.8 Å². The van der Waals surface area contributed by atoms with Gasteiger partial charge in [0.2, 0.25) is 0 Å². The van der Waals surface area contributed by atoms with Crippen LogP contribution in [0, 0.1) is 0 Å². The van der Waals surface area contributed by atoms with E-state index in [4.69, 9.17) is 16.3 Å². The predicted molar refractivity (Wildman–Crippen MR) is 93.5 cm³/mol. The lowest BCUT2D eigenvalue weighted by Crippen LogP contribution is -2.07. The molecule has 0 aliphatic carbocycles. The molecule has 0 fully saturated rings. The molecular formula is C18H35ClO3. The first kappa shape index (κ1) is 21.6. The smallest absolute Gasteiger partial charge is 0.434 e. The van der Waals surface area contributed by atoms with E-state index >= 15 is 0 Å². The molecule has 0 atom stereocenters. The van der Waals surface area contributed by atoms with Gasteiger partial charge in [0.25, 0.3) is 0 Å². The Morgan fingerprint density at radius 3 is 1.50 bits per heavy atom. The van der Waals surface area contributed by atoms with E-state index in [1.165, 1.54) is 77.0 Å². The fourth-order valence-corrected chi connectivity index (χ4v) is 2.63. The van der Waals surface area contributed by atoms with Crippen molar-refractivity contribution in [2.24, 2.45) is 0 Å². The highest BCUT2D eigenvalue weighted by molar-refractivity contribution is 6.17. The van der Waals surface area contributed by atoms with Gasteiger partial charge in [-0.15, -0.1) is 0 Å². The molecule has 0 bridgehead atoms. The van der Waals surface area contributed by atoms with E-state index in [2.05, 4.69) is 11.7 Å². The first-order valence-electron chi connectivity index (χ1n) is 9.16. The lowest BCUT2D eigenvalue weighted by molar-refractivity contribution is 0.0664. The minimum Gasteiger partial charge on any atom is -0.434 e. The van der Waals surface area contributed by atoms with Gasteiger partial charge in [0.15, 0.2) is 6.07 Å². The lowest BCUT2D eigenvalue weighted by atomic mass is 10.0. The van der Waals surface area contributed by atoms with Crippen LogP contribution in [0.4, 0.5) is 4.79 Å². The monoisotopic (exact) mass is 334 g/mol. The average Bonchev–Trinajstić information content (AvgIpc) is 2.51. The molecule has 0 aliphatic rings. The van der Waals surface area contributed by atoms with E-state index in [1.807, 2.05) is 0 Å². The first-order valence-corrected chi connectivity index (χ1v) is 9.70. The van der Waals surface area contributed by atoms with E-state index in [0.29, 0.717) is 6.61 Å². The van der Waals surface area contributed by atoms with Crippen molar-refractivity contribution in [3.05, 3.63) is 0 Å². The van der Waals surface area contributed by atoms with Crippen molar-refractivity contribution in [3.8, 4) is 0 Å². The molecule has 4 heteroatoms. The minimum absolute atomic E-state index is 0.141. The standard InChI is InChI=1S/C18H35ClO3/c1-2-3-4-5-6-7-8-9-10-11-12-13-14-15-16-21-18(20)22-17-19/h2-17H2,1H3. The molecule has 0 aromatic heterocycles. The van der Waals surface area contributed by atoms with Crippen LogP contribution < -0.4 is 0 Å². The fourth-order valence-electron chi connectivity index (χ4n) is 2.54. The summed E-state index contributed by atoms with van der Waals surface area (Å²) in [6.07, 6.45) is 17.8. The van der Waals surface area contributed by atoms with Gasteiger partial charge in [0.05, 0.1) is 6.61 Å². The predicted octanol–water partition coefficient (Wildman–Crippen LogP) is 6.82. The summed E-state index contributed by atoms with van der Waals surface area (Å²) >= 11 is 5.24. The van der Waals surface area contributed by atoms with Gasteiger partial charge in [-0.1, -0.05) is 102 Å². The molecule has 0 saturated heterocycles. The van der Waals surface area contributed by atoms with Gasteiger partial charge in [-0.2, -0.15) is 0 Å². The van der Waals surface area contributed by atoms with Crippen LogP contribution in [0.2, 0.25) is 0 Å². The van der Waals surface area contributed by atoms with Crippen molar-refractivity contribution in [2.45, 2.75) is 96.8 Å². The summed E-state index contributed by atoms with van der Waals surface area (Å²) in [4.78, 5) is 10.8. The molecule has 0 aromatic carbocycles. The Labute approximate surface area is 142 Å². The molecule has 0 aliphatic heterocycles. The molecule has 0 spiro atoms. The van der Waals surface area contributed by atoms with Gasteiger partial charge < -0.3 is 9.47 Å². The Bertz CT molecular complexity index is 234. The zero-order valence-electron chi connectivity index (χ0n) is 14.4. The Hall–Kier alpha value is -0.440. The number of unbranched alkanes of at least 4 members (excludes halogenated alkanes) is 13. The van der Waals surface area contributed by atoms with Crippen LogP contribution in [-0.2, 0) is 9.47 Å². The fraction of sp³-hybridized carbons (Fsp3) is 0.944. The number of ether oxygens (including phenoxy) is 2. The maximum absolute atomic E-state index is 10.8. The van der Waals surface area contributed by atoms with E-state index in [1.54, 1.807) is 0 Å². The second-order valence-electron chi connectivity index (χ2n) is 5.95. The summed E-state index contributed by atoms with van der Waals surface area (Å²) in [5.41, 5.74) is 0. The van der Waals surface area contributed by atoms with Crippen LogP contribution in [0.25, 0.3) is 0 Å². The zero-order chi connectivity index (χ0) is 16.3. The molecule has 0 radical (unpaired) electrons. The number of alkyl halides is 1. The number of hydrogen-bond acceptors (Lipinski definition) is 3. The molecule has 22 heavy (non-hydrogen) atoms. The highest BCUT2D eigenvalue weighted by Crippen LogP contribution is 2.12. The molecule has 0 unspecified atom stereocenters. The summed E-state index contributed by atoms with van der Waals surface area (Å²) < 4.78 is 9.31. The molecule has 0 heterocycles. The normalized spacial score (nSPS) is 10.6. The molecule has 0 aromatic rings. The van der Waals surface area contributed by atoms with Crippen LogP contribution in [-0.4, -0.2) is 18.8 Å². The van der Waals surface area contributed by atoms with Gasteiger partial charge in [0, 0.05) is 0 Å². The SMILES string of the molecule is CCCCCCCCCCCCCCCCOC(=O)OCCl. The number of halogens is 1. The van der Waals surface area contributed by atoms with E-state index in [9.17, 15) is 4.79 Å². The van der Waals surface area contributed by atoms with E-state index < -0.39 is 6.16 Å². The third kappa shape index (κ3) is 17.6. The summed E-state index contributed by atoms with van der Waals surface area (Å²) in [5, 5.41) is 0. The molecule has 3 nitrogen and oxygen atoms in total. The van der Waals surface area contributed by atoms with Gasteiger partial charge in [-0.3, -0.25) is 0 Å². The van der Waals surface area contributed by atoms with Gasteiger partial charge in [0.1, 0.15) is 0 Å². The largest absolute Gasteiger partial charge is 0.509 e. The zero-order valence-corrected chi connectivity index (χ0v) is 15.2.